The average Bonchev–Trinajstić information content (AvgIpc) is 3.22. The molecule has 0 fully saturated rings. The molecule has 0 aliphatic rings. The minimum absolute atomic E-state index is 0.0443. The molecule has 400 valence electrons. The van der Waals surface area contributed by atoms with Gasteiger partial charge >= 0.3 is 47.8 Å². The highest BCUT2D eigenvalue weighted by Gasteiger charge is 2.23. The third kappa shape index (κ3) is 35.1. The van der Waals surface area contributed by atoms with Crippen LogP contribution in [0.15, 0.2) is 0 Å². The quantitative estimate of drug-likeness (QED) is 0.0253. The van der Waals surface area contributed by atoms with Gasteiger partial charge in [0.1, 0.15) is 0 Å². The highest BCUT2D eigenvalue weighted by atomic mass is 16.4. The number of rotatable bonds is 41. The van der Waals surface area contributed by atoms with Gasteiger partial charge in [-0.3, -0.25) is 101 Å². The number of carbonyl (C=O) groups excluding carboxylic acids is 6. The number of carbonyl (C=O) groups is 14. The van der Waals surface area contributed by atoms with Crippen LogP contribution in [-0.4, -0.2) is 297 Å². The fraction of sp³-hybridized carbons (Fsp3) is 0.611. The number of nitrogens with zero attached hydrogens (tertiary/aromatic N) is 7. The van der Waals surface area contributed by atoms with E-state index < -0.39 is 215 Å². The Bertz CT molecular complexity index is 1610. The molecule has 0 aliphatic carbocycles. The normalized spacial score (nSPS) is 11.1. The van der Waals surface area contributed by atoms with E-state index in [0.29, 0.717) is 0 Å². The van der Waals surface area contributed by atoms with Gasteiger partial charge in [-0.15, -0.1) is 0 Å². The first-order valence-corrected chi connectivity index (χ1v) is 20.6. The molecule has 0 radical (unpaired) electrons. The lowest BCUT2D eigenvalue weighted by Gasteiger charge is -2.26. The van der Waals surface area contributed by atoms with E-state index in [9.17, 15) is 67.1 Å². The van der Waals surface area contributed by atoms with Crippen LogP contribution in [0.2, 0.25) is 0 Å². The Morgan fingerprint density at radius 2 is 0.366 bits per heavy atom. The summed E-state index contributed by atoms with van der Waals surface area (Å²) in [4.78, 5) is 174. The molecule has 0 aromatic heterocycles. The van der Waals surface area contributed by atoms with Crippen molar-refractivity contribution in [2.24, 2.45) is 0 Å². The Morgan fingerprint density at radius 1 is 0.239 bits per heavy atom. The summed E-state index contributed by atoms with van der Waals surface area (Å²) in [5.74, 6) is -16.4. The number of aliphatic carboxylic acids is 8. The molecule has 0 spiro atoms. The second kappa shape index (κ2) is 34.6. The molecular weight excluding hydrogens is 966 g/mol. The van der Waals surface area contributed by atoms with Gasteiger partial charge in [0, 0.05) is 0 Å². The molecule has 0 bridgehead atoms. The number of hydrogen-bond donors (Lipinski definition) is 14. The first-order valence-electron chi connectivity index (χ1n) is 20.6. The van der Waals surface area contributed by atoms with Crippen LogP contribution >= 0.6 is 0 Å². The zero-order chi connectivity index (χ0) is 54.2. The van der Waals surface area contributed by atoms with Crippen LogP contribution in [0.5, 0.6) is 0 Å². The van der Waals surface area contributed by atoms with Gasteiger partial charge in [0.15, 0.2) is 0 Å². The van der Waals surface area contributed by atoms with Crippen LogP contribution in [0, 0.1) is 0 Å². The molecule has 0 aliphatic heterocycles. The zero-order valence-corrected chi connectivity index (χ0v) is 38.3. The summed E-state index contributed by atoms with van der Waals surface area (Å²) in [6.07, 6.45) is 0. The van der Waals surface area contributed by atoms with Crippen LogP contribution in [0.3, 0.4) is 0 Å². The summed E-state index contributed by atoms with van der Waals surface area (Å²) in [6, 6.07) is 0. The van der Waals surface area contributed by atoms with E-state index in [1.165, 1.54) is 4.90 Å². The van der Waals surface area contributed by atoms with Crippen molar-refractivity contribution in [2.45, 2.75) is 6.92 Å². The Hall–Kier alpha value is -7.70. The minimum atomic E-state index is -1.41. The maximum atomic E-state index is 13.1. The van der Waals surface area contributed by atoms with Crippen LogP contribution in [0.1, 0.15) is 6.92 Å². The fourth-order valence-electron chi connectivity index (χ4n) is 5.57. The Kier molecular flexibility index (Phi) is 30.8. The first kappa shape index (κ1) is 63.3. The average molecular weight is 1030 g/mol. The third-order valence-corrected chi connectivity index (χ3v) is 8.52. The van der Waals surface area contributed by atoms with Gasteiger partial charge in [0.05, 0.1) is 132 Å². The number of hydrogen-bond acceptors (Lipinski definition) is 21. The van der Waals surface area contributed by atoms with Gasteiger partial charge in [-0.25, -0.2) is 0 Å². The lowest BCUT2D eigenvalue weighted by Crippen LogP contribution is -2.52. The smallest absolute Gasteiger partial charge is 0.317 e. The molecule has 0 atom stereocenters. The van der Waals surface area contributed by atoms with Crippen LogP contribution in [0.25, 0.3) is 0 Å². The van der Waals surface area contributed by atoms with Crippen molar-refractivity contribution in [2.75, 3.05) is 138 Å². The van der Waals surface area contributed by atoms with Crippen molar-refractivity contribution in [3.63, 3.8) is 0 Å². The van der Waals surface area contributed by atoms with Gasteiger partial charge in [-0.05, 0) is 6.54 Å². The Labute approximate surface area is 402 Å². The maximum Gasteiger partial charge on any atom is 0.317 e. The van der Waals surface area contributed by atoms with Crippen molar-refractivity contribution in [3.8, 4) is 0 Å². The standard InChI is InChI=1S/C36H59N13O22/c1-2-43(3-23(50)37-17-44(5-25(52)39-19-46(9-29(56)57)10-30(58)59)6-26(53)40-20-47(11-31(60)61)12-32(62)63)4-24(51)38-18-45(7-27(54)41-21-48(13-33(64)65)14-34(66)67)8-28(55)42-22-49(15-35(68)69)16-36(70)71/h2-22H2,1H3,(H,37,50)(H,38,51)(H,39,52)(H,40,53)(H,41,54)(H,42,55)(H,56,57)(H,58,59)(H,60,61)(H,62,63)(H,64,65)(H,66,67)(H,68,69)(H,70,71). The van der Waals surface area contributed by atoms with Crippen molar-refractivity contribution in [1.29, 1.82) is 0 Å². The first-order chi connectivity index (χ1) is 33.1. The third-order valence-electron chi connectivity index (χ3n) is 8.52. The van der Waals surface area contributed by atoms with Crippen molar-refractivity contribution < 1.29 is 108 Å². The predicted molar refractivity (Wildman–Crippen MR) is 231 cm³/mol. The zero-order valence-electron chi connectivity index (χ0n) is 38.3. The van der Waals surface area contributed by atoms with Crippen molar-refractivity contribution >= 4 is 83.2 Å². The van der Waals surface area contributed by atoms with Crippen molar-refractivity contribution in [3.05, 3.63) is 0 Å². The molecule has 14 N–H and O–H groups in total. The molecule has 35 nitrogen and oxygen atoms in total. The van der Waals surface area contributed by atoms with E-state index in [-0.39, 0.29) is 6.54 Å². The molecule has 0 saturated carbocycles. The van der Waals surface area contributed by atoms with Crippen LogP contribution < -0.4 is 31.9 Å². The van der Waals surface area contributed by atoms with Crippen LogP contribution in [0.4, 0.5) is 0 Å². The molecule has 0 saturated heterocycles. The maximum absolute atomic E-state index is 13.1. The summed E-state index contributed by atoms with van der Waals surface area (Å²) >= 11 is 0. The number of nitrogens with one attached hydrogen (secondary N) is 6. The SMILES string of the molecule is CCN(CC(=O)NCN(CC(=O)NCN(CC(=O)O)CC(=O)O)CC(=O)NCN(CC(=O)O)CC(=O)O)CC(=O)NCN(CC(=O)NCN(CC(=O)O)CC(=O)O)CC(=O)NCN(CC(=O)O)CC(=O)O. The fourth-order valence-corrected chi connectivity index (χ4v) is 5.57. The molecule has 6 amide bonds. The van der Waals surface area contributed by atoms with Crippen LogP contribution in [-0.2, 0) is 67.1 Å². The molecule has 71 heavy (non-hydrogen) atoms. The summed E-state index contributed by atoms with van der Waals surface area (Å²) in [5.41, 5.74) is 0. The van der Waals surface area contributed by atoms with Gasteiger partial charge in [0.25, 0.3) is 0 Å². The van der Waals surface area contributed by atoms with E-state index >= 15 is 0 Å². The lowest BCUT2D eigenvalue weighted by atomic mass is 10.4. The summed E-state index contributed by atoms with van der Waals surface area (Å²) in [5, 5.41) is 86.5. The van der Waals surface area contributed by atoms with E-state index in [2.05, 4.69) is 31.9 Å². The molecule has 35 heteroatoms. The molecular formula is C36H59N13O22. The van der Waals surface area contributed by atoms with Gasteiger partial charge in [-0.2, -0.15) is 0 Å². The number of likely N-dealkylation sites (N-methyl/N-ethyl adjacent to an activating group) is 1. The Balaban J connectivity index is 5.96. The summed E-state index contributed by atoms with van der Waals surface area (Å²) < 4.78 is 0. The topological polar surface area (TPSA) is 496 Å². The monoisotopic (exact) mass is 1030 g/mol. The molecule has 0 unspecified atom stereocenters. The van der Waals surface area contributed by atoms with E-state index in [1.54, 1.807) is 6.92 Å². The minimum Gasteiger partial charge on any atom is -0.480 e. The Morgan fingerprint density at radius 3 is 0.493 bits per heavy atom. The number of carboxylic acids is 8. The second-order valence-corrected chi connectivity index (χ2v) is 14.9. The van der Waals surface area contributed by atoms with Gasteiger partial charge in [-0.1, -0.05) is 6.92 Å². The van der Waals surface area contributed by atoms with Gasteiger partial charge < -0.3 is 72.8 Å². The van der Waals surface area contributed by atoms with Crippen molar-refractivity contribution in [1.82, 2.24) is 66.2 Å². The van der Waals surface area contributed by atoms with E-state index in [4.69, 9.17) is 40.9 Å². The molecule has 0 heterocycles. The summed E-state index contributed by atoms with van der Waals surface area (Å²) in [7, 11) is 0. The largest absolute Gasteiger partial charge is 0.480 e. The van der Waals surface area contributed by atoms with Gasteiger partial charge in [0.2, 0.25) is 35.4 Å². The highest BCUT2D eigenvalue weighted by Crippen LogP contribution is 1.96. The predicted octanol–water partition coefficient (Wildman–Crippen LogP) is -9.76. The van der Waals surface area contributed by atoms with E-state index in [0.717, 1.165) is 29.4 Å². The number of amides is 6. The second-order valence-electron chi connectivity index (χ2n) is 14.9. The lowest BCUT2D eigenvalue weighted by molar-refractivity contribution is -0.144. The number of carboxylic acid groups (broad SMARTS) is 8. The molecule has 0 rings (SSSR count). The molecule has 0 aromatic rings. The van der Waals surface area contributed by atoms with E-state index in [1.807, 2.05) is 0 Å². The summed E-state index contributed by atoms with van der Waals surface area (Å²) in [6.45, 7) is -11.8. The highest BCUT2D eigenvalue weighted by molar-refractivity contribution is 5.84. The molecule has 0 aromatic carbocycles.